The zero-order valence-corrected chi connectivity index (χ0v) is 18.0. The lowest BCUT2D eigenvalue weighted by molar-refractivity contribution is -0.695. The molecule has 1 heteroatoms. The molecule has 0 aliphatic heterocycles. The molecule has 0 N–H and O–H groups in total. The molecule has 0 saturated heterocycles. The zero-order valence-electron chi connectivity index (χ0n) is 18.0. The standard InChI is InChI=1S/C30H26N/c1-22(2)31-29(25-15-9-4-10-16-25)20-26(23-12-6-3-7-13-23)21-30(31)28-19-18-24-14-8-5-11-17-27(24)28/h3-22H,1-2H3/q+1. The molecule has 0 unspecified atom stereocenters. The monoisotopic (exact) mass is 400 g/mol. The maximum Gasteiger partial charge on any atom is 0.214 e. The second-order valence-electron chi connectivity index (χ2n) is 8.24. The molecule has 2 aliphatic rings. The van der Waals surface area contributed by atoms with Crippen molar-refractivity contribution in [3.63, 3.8) is 0 Å². The lowest BCUT2D eigenvalue weighted by Crippen LogP contribution is -2.41. The minimum atomic E-state index is 0.317. The third kappa shape index (κ3) is 3.64. The molecule has 2 aliphatic carbocycles. The molecule has 0 bridgehead atoms. The summed E-state index contributed by atoms with van der Waals surface area (Å²) in [6.45, 7) is 4.53. The maximum atomic E-state index is 2.48. The quantitative estimate of drug-likeness (QED) is 0.273. The number of hydrogen-bond acceptors (Lipinski definition) is 0. The van der Waals surface area contributed by atoms with Gasteiger partial charge >= 0.3 is 0 Å². The van der Waals surface area contributed by atoms with Crippen LogP contribution >= 0.6 is 0 Å². The van der Waals surface area contributed by atoms with E-state index in [1.807, 2.05) is 0 Å². The first-order valence-corrected chi connectivity index (χ1v) is 10.9. The second-order valence-corrected chi connectivity index (χ2v) is 8.24. The highest BCUT2D eigenvalue weighted by atomic mass is 15.0. The summed E-state index contributed by atoms with van der Waals surface area (Å²) in [4.78, 5) is 0. The van der Waals surface area contributed by atoms with Gasteiger partial charge in [0.05, 0.1) is 5.56 Å². The summed E-state index contributed by atoms with van der Waals surface area (Å²) in [5.74, 6) is 0. The van der Waals surface area contributed by atoms with Gasteiger partial charge in [-0.2, -0.15) is 4.57 Å². The maximum absolute atomic E-state index is 2.48. The molecule has 0 saturated carbocycles. The van der Waals surface area contributed by atoms with E-state index >= 15 is 0 Å². The highest BCUT2D eigenvalue weighted by Gasteiger charge is 2.27. The molecule has 3 aromatic rings. The Labute approximate surface area is 184 Å². The highest BCUT2D eigenvalue weighted by molar-refractivity contribution is 5.86. The van der Waals surface area contributed by atoms with Crippen molar-refractivity contribution < 1.29 is 4.57 Å². The summed E-state index contributed by atoms with van der Waals surface area (Å²) in [5, 5.41) is 0. The van der Waals surface area contributed by atoms with Crippen LogP contribution in [0.3, 0.4) is 0 Å². The highest BCUT2D eigenvalue weighted by Crippen LogP contribution is 2.37. The van der Waals surface area contributed by atoms with Gasteiger partial charge in [-0.15, -0.1) is 0 Å². The molecule has 0 spiro atoms. The SMILES string of the molecule is CC(C)[n+]1c(-c2ccccc2)cc(-c2ccccc2)cc1-c1ccc2cccccc1-2. The van der Waals surface area contributed by atoms with Gasteiger partial charge in [-0.25, -0.2) is 0 Å². The van der Waals surface area contributed by atoms with Crippen LogP contribution in [0.15, 0.2) is 115 Å². The number of benzene rings is 2. The van der Waals surface area contributed by atoms with Gasteiger partial charge in [0.15, 0.2) is 6.04 Å². The summed E-state index contributed by atoms with van der Waals surface area (Å²) in [5.41, 5.74) is 10.0. The minimum Gasteiger partial charge on any atom is -0.189 e. The Morgan fingerprint density at radius 1 is 0.452 bits per heavy atom. The lowest BCUT2D eigenvalue weighted by Gasteiger charge is -2.15. The number of pyridine rings is 1. The van der Waals surface area contributed by atoms with E-state index in [1.54, 1.807) is 0 Å². The average molecular weight is 401 g/mol. The van der Waals surface area contributed by atoms with Gasteiger partial charge in [-0.3, -0.25) is 0 Å². The van der Waals surface area contributed by atoms with Crippen LogP contribution in [0.5, 0.6) is 0 Å². The largest absolute Gasteiger partial charge is 0.214 e. The van der Waals surface area contributed by atoms with Crippen molar-refractivity contribution in [1.29, 1.82) is 0 Å². The third-order valence-corrected chi connectivity index (χ3v) is 5.86. The summed E-state index contributed by atoms with van der Waals surface area (Å²) < 4.78 is 2.48. The van der Waals surface area contributed by atoms with Crippen LogP contribution in [-0.4, -0.2) is 0 Å². The first-order chi connectivity index (χ1) is 15.2. The molecule has 1 nitrogen and oxygen atoms in total. The fourth-order valence-electron chi connectivity index (χ4n) is 4.44. The van der Waals surface area contributed by atoms with Crippen LogP contribution in [0.1, 0.15) is 19.9 Å². The molecule has 5 rings (SSSR count). The second kappa shape index (κ2) is 8.20. The molecule has 1 aromatic heterocycles. The van der Waals surface area contributed by atoms with Gasteiger partial charge in [0.2, 0.25) is 11.4 Å². The molecular formula is C30H26N+. The molecule has 0 fully saturated rings. The first kappa shape index (κ1) is 19.3. The number of aromatic nitrogens is 1. The number of hydrogen-bond donors (Lipinski definition) is 0. The van der Waals surface area contributed by atoms with E-state index in [4.69, 9.17) is 0 Å². The molecule has 31 heavy (non-hydrogen) atoms. The van der Waals surface area contributed by atoms with E-state index in [0.29, 0.717) is 6.04 Å². The van der Waals surface area contributed by atoms with Crippen molar-refractivity contribution in [3.8, 4) is 44.8 Å². The van der Waals surface area contributed by atoms with Crippen molar-refractivity contribution in [3.05, 3.63) is 115 Å². The average Bonchev–Trinajstić information content (AvgIpc) is 3.07. The summed E-state index contributed by atoms with van der Waals surface area (Å²) >= 11 is 0. The molecule has 0 radical (unpaired) electrons. The predicted molar refractivity (Wildman–Crippen MR) is 130 cm³/mol. The molecule has 2 aromatic carbocycles. The predicted octanol–water partition coefficient (Wildman–Crippen LogP) is 7.66. The van der Waals surface area contributed by atoms with Gasteiger partial charge in [-0.1, -0.05) is 84.9 Å². The Kier molecular flexibility index (Phi) is 5.09. The van der Waals surface area contributed by atoms with Gasteiger partial charge in [-0.05, 0) is 54.3 Å². The normalized spacial score (nSPS) is 11.2. The Hall–Kier alpha value is -3.71. The topological polar surface area (TPSA) is 3.88 Å². The Morgan fingerprint density at radius 3 is 1.65 bits per heavy atom. The van der Waals surface area contributed by atoms with Crippen LogP contribution in [0.2, 0.25) is 0 Å². The van der Waals surface area contributed by atoms with E-state index in [1.165, 1.54) is 44.8 Å². The van der Waals surface area contributed by atoms with Gasteiger partial charge in [0.25, 0.3) is 0 Å². The molecule has 150 valence electrons. The van der Waals surface area contributed by atoms with Crippen LogP contribution in [0.4, 0.5) is 0 Å². The molecular weight excluding hydrogens is 374 g/mol. The zero-order chi connectivity index (χ0) is 21.2. The Bertz CT molecular complexity index is 1290. The van der Waals surface area contributed by atoms with Crippen molar-refractivity contribution >= 4 is 0 Å². The van der Waals surface area contributed by atoms with Crippen molar-refractivity contribution in [1.82, 2.24) is 0 Å². The summed E-state index contributed by atoms with van der Waals surface area (Å²) in [6.07, 6.45) is 0. The van der Waals surface area contributed by atoms with Gasteiger partial charge in [0, 0.05) is 17.7 Å². The smallest absolute Gasteiger partial charge is 0.189 e. The molecule has 0 amide bonds. The number of nitrogens with zero attached hydrogens (tertiary/aromatic N) is 1. The molecule has 0 atom stereocenters. The van der Waals surface area contributed by atoms with Crippen LogP contribution in [0, 0.1) is 0 Å². The summed E-state index contributed by atoms with van der Waals surface area (Å²) in [7, 11) is 0. The van der Waals surface area contributed by atoms with Crippen molar-refractivity contribution in [2.75, 3.05) is 0 Å². The van der Waals surface area contributed by atoms with E-state index in [2.05, 4.69) is 134 Å². The molecule has 1 heterocycles. The van der Waals surface area contributed by atoms with Gasteiger partial charge in [0.1, 0.15) is 0 Å². The third-order valence-electron chi connectivity index (χ3n) is 5.86. The Balaban J connectivity index is 1.85. The van der Waals surface area contributed by atoms with E-state index < -0.39 is 0 Å². The summed E-state index contributed by atoms with van der Waals surface area (Å²) in [6, 6.07) is 41.6. The van der Waals surface area contributed by atoms with E-state index in [-0.39, 0.29) is 0 Å². The van der Waals surface area contributed by atoms with E-state index in [9.17, 15) is 0 Å². The fraction of sp³-hybridized carbons (Fsp3) is 0.100. The lowest BCUT2D eigenvalue weighted by atomic mass is 9.97. The van der Waals surface area contributed by atoms with Crippen molar-refractivity contribution in [2.45, 2.75) is 19.9 Å². The van der Waals surface area contributed by atoms with Crippen molar-refractivity contribution in [2.24, 2.45) is 0 Å². The van der Waals surface area contributed by atoms with Gasteiger partial charge < -0.3 is 0 Å². The van der Waals surface area contributed by atoms with Crippen LogP contribution < -0.4 is 4.57 Å². The number of fused-ring (bicyclic) bond motifs is 1. The fourth-order valence-corrected chi connectivity index (χ4v) is 4.44. The number of rotatable bonds is 4. The Morgan fingerprint density at radius 2 is 1.00 bits per heavy atom. The first-order valence-electron chi connectivity index (χ1n) is 10.9. The minimum absolute atomic E-state index is 0.317. The van der Waals surface area contributed by atoms with Crippen LogP contribution in [-0.2, 0) is 0 Å². The van der Waals surface area contributed by atoms with E-state index in [0.717, 1.165) is 0 Å². The van der Waals surface area contributed by atoms with Crippen LogP contribution in [0.25, 0.3) is 44.8 Å².